The summed E-state index contributed by atoms with van der Waals surface area (Å²) in [6.45, 7) is 14.8. The summed E-state index contributed by atoms with van der Waals surface area (Å²) in [4.78, 5) is 0. The molecule has 0 radical (unpaired) electrons. The fraction of sp³-hybridized carbons (Fsp3) is 0.652. The van der Waals surface area contributed by atoms with Crippen molar-refractivity contribution in [2.45, 2.75) is 287 Å². The number of phenols is 3. The van der Waals surface area contributed by atoms with Gasteiger partial charge in [-0.15, -0.1) is 0 Å². The van der Waals surface area contributed by atoms with E-state index >= 15 is 0 Å². The third-order valence-electron chi connectivity index (χ3n) is 20.0. The maximum absolute atomic E-state index is 12.7. The van der Waals surface area contributed by atoms with Crippen LogP contribution in [0, 0.1) is 0 Å². The summed E-state index contributed by atoms with van der Waals surface area (Å²) in [6, 6.07) is 15.1. The fourth-order valence-corrected chi connectivity index (χ4v) is 16.3. The minimum absolute atomic E-state index is 0.213. The van der Waals surface area contributed by atoms with E-state index in [0.717, 1.165) is 77.0 Å². The Bertz CT molecular complexity index is 2070. The summed E-state index contributed by atoms with van der Waals surface area (Å²) >= 11 is 0. The molecule has 6 fully saturated rings. The van der Waals surface area contributed by atoms with Crippen LogP contribution < -0.4 is 0 Å². The molecule has 0 amide bonds. The predicted octanol–water partition coefficient (Wildman–Crippen LogP) is 21.5. The van der Waals surface area contributed by atoms with Gasteiger partial charge in [-0.05, 0) is 250 Å². The molecule has 0 atom stereocenters. The van der Waals surface area contributed by atoms with Gasteiger partial charge in [0.05, 0.1) is 0 Å². The molecule has 3 nitrogen and oxygen atoms in total. The summed E-state index contributed by atoms with van der Waals surface area (Å²) in [7, 11) is 0. The Morgan fingerprint density at radius 1 is 0.264 bits per heavy atom. The molecule has 72 heavy (non-hydrogen) atoms. The number of hydrogen-bond acceptors (Lipinski definition) is 3. The van der Waals surface area contributed by atoms with Gasteiger partial charge in [-0.25, -0.2) is 0 Å². The highest BCUT2D eigenvalue weighted by Crippen LogP contribution is 2.57. The molecule has 0 saturated heterocycles. The molecule has 6 aliphatic rings. The van der Waals surface area contributed by atoms with Gasteiger partial charge in [0.1, 0.15) is 17.2 Å². The summed E-state index contributed by atoms with van der Waals surface area (Å²) in [5.74, 6) is 4.71. The second kappa shape index (κ2) is 23.0. The average molecular weight is 974 g/mol. The minimum Gasteiger partial charge on any atom is -0.507 e. The van der Waals surface area contributed by atoms with Gasteiger partial charge >= 0.3 is 0 Å². The van der Waals surface area contributed by atoms with E-state index in [9.17, 15) is 15.3 Å². The molecule has 6 aliphatic carbocycles. The molecule has 3 N–H and O–H groups in total. The SMILES string of the molecule is CC(C)c1c(-c2cc(C3CCCCC3)c(O)c(C3CCCCC3)c2)c(C(C)C)c(-c2cc(C3CCCCC3)c(O)c(C3CCCCC3)c2)c(C(C)C)c1-c1cc(C2CCCCC2)c(O)c(C2CCCCC2)c1. The second-order valence-corrected chi connectivity index (χ2v) is 25.8. The van der Waals surface area contributed by atoms with E-state index in [2.05, 4.69) is 77.9 Å². The Kier molecular flexibility index (Phi) is 16.6. The average Bonchev–Trinajstić information content (AvgIpc) is 3.41. The Morgan fingerprint density at radius 2 is 0.417 bits per heavy atom. The first-order valence-corrected chi connectivity index (χ1v) is 30.8. The lowest BCUT2D eigenvalue weighted by molar-refractivity contribution is 0.393. The van der Waals surface area contributed by atoms with Gasteiger partial charge in [0.25, 0.3) is 0 Å². The van der Waals surface area contributed by atoms with Gasteiger partial charge in [0.15, 0.2) is 0 Å². The first-order chi connectivity index (χ1) is 35.0. The summed E-state index contributed by atoms with van der Waals surface area (Å²) in [6.07, 6.45) is 36.4. The highest BCUT2D eigenvalue weighted by atomic mass is 16.3. The normalized spacial score (nSPS) is 21.1. The van der Waals surface area contributed by atoms with E-state index in [4.69, 9.17) is 0 Å². The highest BCUT2D eigenvalue weighted by Gasteiger charge is 2.36. The molecule has 0 aromatic heterocycles. The van der Waals surface area contributed by atoms with Crippen molar-refractivity contribution in [3.05, 3.63) is 86.5 Å². The zero-order chi connectivity index (χ0) is 50.0. The quantitative estimate of drug-likeness (QED) is 0.133. The minimum atomic E-state index is 0.213. The Hall–Kier alpha value is -3.72. The Balaban J connectivity index is 1.36. The molecule has 0 aliphatic heterocycles. The van der Waals surface area contributed by atoms with Crippen LogP contribution >= 0.6 is 0 Å². The van der Waals surface area contributed by atoms with Crippen LogP contribution in [0.4, 0.5) is 0 Å². The van der Waals surface area contributed by atoms with Crippen LogP contribution in [0.3, 0.4) is 0 Å². The standard InChI is InChI=1S/C69H96O3/c1-43(2)61-64(52-37-55(46-25-13-7-14-26-46)67(70)56(38-52)47-27-15-8-16-28-47)62(44(3)4)66(54-41-59(50-33-21-11-22-34-50)69(72)60(42-54)51-35-23-12-24-36-51)63(45(5)6)65(61)53-39-57(48-29-17-9-18-30-48)68(71)58(40-53)49-31-19-10-20-32-49/h37-51,70-72H,7-36H2,1-6H3. The number of hydrogen-bond donors (Lipinski definition) is 3. The van der Waals surface area contributed by atoms with Crippen molar-refractivity contribution in [2.24, 2.45) is 0 Å². The molecule has 0 unspecified atom stereocenters. The molecule has 0 bridgehead atoms. The maximum atomic E-state index is 12.7. The van der Waals surface area contributed by atoms with Crippen molar-refractivity contribution in [3.63, 3.8) is 0 Å². The largest absolute Gasteiger partial charge is 0.507 e. The molecule has 3 heteroatoms. The topological polar surface area (TPSA) is 60.7 Å². The third-order valence-corrected chi connectivity index (χ3v) is 20.0. The zero-order valence-electron chi connectivity index (χ0n) is 46.2. The summed E-state index contributed by atoms with van der Waals surface area (Å²) in [5, 5.41) is 38.2. The molecular formula is C69H96O3. The Labute approximate surface area is 437 Å². The van der Waals surface area contributed by atoms with Crippen molar-refractivity contribution in [1.82, 2.24) is 0 Å². The molecule has 4 aromatic carbocycles. The third kappa shape index (κ3) is 10.5. The summed E-state index contributed by atoms with van der Waals surface area (Å²) in [5.41, 5.74) is 19.8. The van der Waals surface area contributed by atoms with Crippen LogP contribution in [0.2, 0.25) is 0 Å². The van der Waals surface area contributed by atoms with Crippen LogP contribution in [-0.2, 0) is 0 Å². The van der Waals surface area contributed by atoms with E-state index in [1.165, 1.54) is 199 Å². The van der Waals surface area contributed by atoms with Crippen molar-refractivity contribution in [2.75, 3.05) is 0 Å². The molecule has 10 rings (SSSR count). The van der Waals surface area contributed by atoms with Crippen molar-refractivity contribution < 1.29 is 15.3 Å². The number of rotatable bonds is 12. The van der Waals surface area contributed by atoms with Crippen molar-refractivity contribution in [3.8, 4) is 50.6 Å². The highest BCUT2D eigenvalue weighted by molar-refractivity contribution is 5.95. The zero-order valence-corrected chi connectivity index (χ0v) is 46.2. The number of benzene rings is 4. The van der Waals surface area contributed by atoms with Crippen LogP contribution in [0.15, 0.2) is 36.4 Å². The maximum Gasteiger partial charge on any atom is 0.122 e. The van der Waals surface area contributed by atoms with E-state index < -0.39 is 0 Å². The van der Waals surface area contributed by atoms with Crippen molar-refractivity contribution >= 4 is 0 Å². The smallest absolute Gasteiger partial charge is 0.122 e. The lowest BCUT2D eigenvalue weighted by Gasteiger charge is -2.35. The molecule has 0 heterocycles. The molecule has 390 valence electrons. The predicted molar refractivity (Wildman–Crippen MR) is 305 cm³/mol. The van der Waals surface area contributed by atoms with Gasteiger partial charge in [-0.3, -0.25) is 0 Å². The van der Waals surface area contributed by atoms with E-state index in [0.29, 0.717) is 52.8 Å². The van der Waals surface area contributed by atoms with Gasteiger partial charge in [-0.1, -0.05) is 157 Å². The fourth-order valence-electron chi connectivity index (χ4n) is 16.3. The summed E-state index contributed by atoms with van der Waals surface area (Å²) < 4.78 is 0. The van der Waals surface area contributed by atoms with Crippen LogP contribution in [0.1, 0.15) is 337 Å². The monoisotopic (exact) mass is 973 g/mol. The van der Waals surface area contributed by atoms with E-state index in [1.54, 1.807) is 0 Å². The lowest BCUT2D eigenvalue weighted by atomic mass is 9.69. The van der Waals surface area contributed by atoms with Crippen LogP contribution in [0.25, 0.3) is 33.4 Å². The van der Waals surface area contributed by atoms with Gasteiger partial charge in [-0.2, -0.15) is 0 Å². The number of phenolic OH excluding ortho intramolecular Hbond substituents is 3. The van der Waals surface area contributed by atoms with E-state index in [1.807, 2.05) is 0 Å². The van der Waals surface area contributed by atoms with Gasteiger partial charge < -0.3 is 15.3 Å². The first-order valence-electron chi connectivity index (χ1n) is 30.8. The van der Waals surface area contributed by atoms with Gasteiger partial charge in [0, 0.05) is 0 Å². The second-order valence-electron chi connectivity index (χ2n) is 25.8. The Morgan fingerprint density at radius 3 is 0.556 bits per heavy atom. The first kappa shape index (κ1) is 51.8. The molecule has 6 saturated carbocycles. The van der Waals surface area contributed by atoms with E-state index in [-0.39, 0.29) is 17.8 Å². The molecule has 4 aromatic rings. The van der Waals surface area contributed by atoms with Gasteiger partial charge in [0.2, 0.25) is 0 Å². The van der Waals surface area contributed by atoms with Crippen LogP contribution in [-0.4, -0.2) is 15.3 Å². The molecule has 0 spiro atoms. The van der Waals surface area contributed by atoms with Crippen molar-refractivity contribution in [1.29, 1.82) is 0 Å². The lowest BCUT2D eigenvalue weighted by Crippen LogP contribution is -2.15. The number of aromatic hydroxyl groups is 3. The molecular weight excluding hydrogens is 877 g/mol. The van der Waals surface area contributed by atoms with Crippen LogP contribution in [0.5, 0.6) is 17.2 Å².